The lowest BCUT2D eigenvalue weighted by molar-refractivity contribution is -0.140. The van der Waals surface area contributed by atoms with Crippen LogP contribution in [0.4, 0.5) is 23.7 Å². The third-order valence-corrected chi connectivity index (χ3v) is 7.19. The molecular formula is C29H30F3N5O4. The zero-order chi connectivity index (χ0) is 29.9. The van der Waals surface area contributed by atoms with Gasteiger partial charge in [0.1, 0.15) is 6.54 Å². The first kappa shape index (κ1) is 29.6. The predicted molar refractivity (Wildman–Crippen MR) is 143 cm³/mol. The average Bonchev–Trinajstić information content (AvgIpc) is 2.94. The van der Waals surface area contributed by atoms with Crippen molar-refractivity contribution in [1.29, 1.82) is 5.26 Å². The minimum absolute atomic E-state index is 0.000234. The number of carbonyl (C=O) groups is 3. The average molecular weight is 570 g/mol. The van der Waals surface area contributed by atoms with Crippen molar-refractivity contribution in [1.82, 2.24) is 14.7 Å². The van der Waals surface area contributed by atoms with Crippen molar-refractivity contribution in [2.24, 2.45) is 0 Å². The standard InChI is InChI=1S/C29H30F3N5O4/c1-4-41-27(39)25-19(2)37(23-7-5-6-22(16-23)29(30,31)32)28(40)36(18-24(38)35-14-12-34(3)13-15-35)26(25)21-10-8-20(17-33)9-11-21/h5-11,16,26H,4,12-15,18H2,1-3H3. The van der Waals surface area contributed by atoms with Crippen molar-refractivity contribution in [3.63, 3.8) is 0 Å². The quantitative estimate of drug-likeness (QED) is 0.485. The molecule has 0 N–H and O–H groups in total. The number of anilines is 1. The van der Waals surface area contributed by atoms with Crippen LogP contribution in [0.5, 0.6) is 0 Å². The Balaban J connectivity index is 1.88. The maximum absolute atomic E-state index is 14.2. The molecule has 41 heavy (non-hydrogen) atoms. The number of ether oxygens (including phenoxy) is 1. The number of carbonyl (C=O) groups excluding carboxylic acids is 3. The maximum atomic E-state index is 14.2. The molecule has 3 amide bonds. The number of alkyl halides is 3. The smallest absolute Gasteiger partial charge is 0.416 e. The Morgan fingerprint density at radius 2 is 1.73 bits per heavy atom. The topological polar surface area (TPSA) is 97.2 Å². The number of amides is 3. The predicted octanol–water partition coefficient (Wildman–Crippen LogP) is 4.17. The molecule has 0 spiro atoms. The highest BCUT2D eigenvalue weighted by atomic mass is 19.4. The Bertz CT molecular complexity index is 1390. The number of esters is 1. The number of likely N-dealkylation sites (N-methyl/N-ethyl adjacent to an activating group) is 1. The fraction of sp³-hybridized carbons (Fsp3) is 0.379. The number of piperazine rings is 1. The van der Waals surface area contributed by atoms with E-state index in [9.17, 15) is 32.8 Å². The molecule has 216 valence electrons. The van der Waals surface area contributed by atoms with E-state index >= 15 is 0 Å². The lowest BCUT2D eigenvalue weighted by atomic mass is 9.92. The van der Waals surface area contributed by atoms with Crippen molar-refractivity contribution in [2.75, 3.05) is 51.3 Å². The highest BCUT2D eigenvalue weighted by Gasteiger charge is 2.44. The molecule has 0 bridgehead atoms. The van der Waals surface area contributed by atoms with Gasteiger partial charge in [0.2, 0.25) is 5.91 Å². The van der Waals surface area contributed by atoms with Crippen molar-refractivity contribution >= 4 is 23.6 Å². The molecule has 1 saturated heterocycles. The molecule has 2 aromatic carbocycles. The molecule has 12 heteroatoms. The van der Waals surface area contributed by atoms with Crippen molar-refractivity contribution in [2.45, 2.75) is 26.1 Å². The number of hydrogen-bond donors (Lipinski definition) is 0. The third-order valence-electron chi connectivity index (χ3n) is 7.19. The van der Waals surface area contributed by atoms with E-state index in [1.54, 1.807) is 24.0 Å². The molecule has 2 aliphatic rings. The monoisotopic (exact) mass is 569 g/mol. The molecule has 2 aliphatic heterocycles. The van der Waals surface area contributed by atoms with E-state index in [-0.39, 0.29) is 29.5 Å². The molecule has 0 aliphatic carbocycles. The number of nitriles is 1. The van der Waals surface area contributed by atoms with Gasteiger partial charge in [-0.2, -0.15) is 18.4 Å². The summed E-state index contributed by atoms with van der Waals surface area (Å²) in [6.45, 7) is 4.81. The van der Waals surface area contributed by atoms with Gasteiger partial charge in [0.15, 0.2) is 0 Å². The molecule has 1 atom stereocenters. The lowest BCUT2D eigenvalue weighted by Gasteiger charge is -2.43. The van der Waals surface area contributed by atoms with E-state index in [4.69, 9.17) is 4.74 Å². The fourth-order valence-electron chi connectivity index (χ4n) is 5.00. The minimum atomic E-state index is -4.67. The van der Waals surface area contributed by atoms with Gasteiger partial charge >= 0.3 is 18.2 Å². The van der Waals surface area contributed by atoms with E-state index in [0.717, 1.165) is 17.0 Å². The number of rotatable bonds is 6. The highest BCUT2D eigenvalue weighted by molar-refractivity contribution is 6.04. The second-order valence-electron chi connectivity index (χ2n) is 9.83. The first-order chi connectivity index (χ1) is 19.5. The Hall–Kier alpha value is -4.37. The van der Waals surface area contributed by atoms with Gasteiger partial charge in [0.05, 0.1) is 41.1 Å². The van der Waals surface area contributed by atoms with Crippen LogP contribution in [0.15, 0.2) is 59.8 Å². The molecule has 0 aromatic heterocycles. The lowest BCUT2D eigenvalue weighted by Crippen LogP contribution is -2.56. The van der Waals surface area contributed by atoms with Crippen LogP contribution in [-0.2, 0) is 20.5 Å². The molecule has 0 radical (unpaired) electrons. The number of hydrogen-bond acceptors (Lipinski definition) is 6. The summed E-state index contributed by atoms with van der Waals surface area (Å²) in [4.78, 5) is 46.9. The summed E-state index contributed by atoms with van der Waals surface area (Å²) in [7, 11) is 1.93. The minimum Gasteiger partial charge on any atom is -0.463 e. The van der Waals surface area contributed by atoms with Crippen LogP contribution in [0, 0.1) is 11.3 Å². The van der Waals surface area contributed by atoms with Crippen LogP contribution in [0.2, 0.25) is 0 Å². The molecule has 4 rings (SSSR count). The first-order valence-electron chi connectivity index (χ1n) is 13.1. The molecule has 2 heterocycles. The number of halogens is 3. The number of benzene rings is 2. The third kappa shape index (κ3) is 6.20. The normalized spacial score (nSPS) is 18.4. The summed E-state index contributed by atoms with van der Waals surface area (Å²) in [5, 5.41) is 9.27. The molecule has 0 saturated carbocycles. The van der Waals surface area contributed by atoms with E-state index in [1.165, 1.54) is 36.1 Å². The summed E-state index contributed by atoms with van der Waals surface area (Å²) in [5.41, 5.74) is -0.221. The SMILES string of the molecule is CCOC(=O)C1=C(C)N(c2cccc(C(F)(F)F)c2)C(=O)N(CC(=O)N2CCN(C)CC2)C1c1ccc(C#N)cc1. The molecule has 2 aromatic rings. The number of allylic oxidation sites excluding steroid dienone is 1. The zero-order valence-electron chi connectivity index (χ0n) is 22.9. The van der Waals surface area contributed by atoms with E-state index in [2.05, 4.69) is 4.90 Å². The van der Waals surface area contributed by atoms with Gasteiger partial charge in [-0.05, 0) is 56.8 Å². The van der Waals surface area contributed by atoms with E-state index in [0.29, 0.717) is 37.3 Å². The summed E-state index contributed by atoms with van der Waals surface area (Å²) in [5.74, 6) is -1.14. The van der Waals surface area contributed by atoms with Crippen LogP contribution in [0.25, 0.3) is 0 Å². The van der Waals surface area contributed by atoms with Crippen molar-refractivity contribution < 1.29 is 32.3 Å². The zero-order valence-corrected chi connectivity index (χ0v) is 22.9. The van der Waals surface area contributed by atoms with Crippen LogP contribution in [0.1, 0.15) is 36.6 Å². The van der Waals surface area contributed by atoms with Crippen molar-refractivity contribution in [3.05, 3.63) is 76.5 Å². The summed E-state index contributed by atoms with van der Waals surface area (Å²) >= 11 is 0. The van der Waals surface area contributed by atoms with Crippen LogP contribution >= 0.6 is 0 Å². The van der Waals surface area contributed by atoms with Gasteiger partial charge < -0.3 is 19.4 Å². The Morgan fingerprint density at radius 3 is 2.32 bits per heavy atom. The number of urea groups is 1. The van der Waals surface area contributed by atoms with Crippen molar-refractivity contribution in [3.8, 4) is 6.07 Å². The molecular weight excluding hydrogens is 539 g/mol. The number of nitrogens with zero attached hydrogens (tertiary/aromatic N) is 5. The van der Waals surface area contributed by atoms with Crippen LogP contribution in [-0.4, -0.2) is 79.0 Å². The van der Waals surface area contributed by atoms with Crippen LogP contribution < -0.4 is 4.90 Å². The second kappa shape index (κ2) is 12.0. The molecule has 1 unspecified atom stereocenters. The van der Waals surface area contributed by atoms with Gasteiger partial charge in [0, 0.05) is 31.9 Å². The highest BCUT2D eigenvalue weighted by Crippen LogP contribution is 2.41. The molecule has 1 fully saturated rings. The van der Waals surface area contributed by atoms with Gasteiger partial charge in [-0.3, -0.25) is 9.69 Å². The van der Waals surface area contributed by atoms with Gasteiger partial charge in [-0.15, -0.1) is 0 Å². The maximum Gasteiger partial charge on any atom is 0.416 e. The fourth-order valence-corrected chi connectivity index (χ4v) is 5.00. The first-order valence-corrected chi connectivity index (χ1v) is 13.1. The Kier molecular flexibility index (Phi) is 8.68. The van der Waals surface area contributed by atoms with Crippen LogP contribution in [0.3, 0.4) is 0 Å². The van der Waals surface area contributed by atoms with Gasteiger partial charge in [-0.1, -0.05) is 18.2 Å². The molecule has 9 nitrogen and oxygen atoms in total. The summed E-state index contributed by atoms with van der Waals surface area (Å²) in [6.07, 6.45) is -4.67. The van der Waals surface area contributed by atoms with E-state index in [1.807, 2.05) is 13.1 Å². The summed E-state index contributed by atoms with van der Waals surface area (Å²) in [6, 6.07) is 10.6. The second-order valence-corrected chi connectivity index (χ2v) is 9.83. The van der Waals surface area contributed by atoms with E-state index < -0.39 is 36.3 Å². The summed E-state index contributed by atoms with van der Waals surface area (Å²) < 4.78 is 46.1. The van der Waals surface area contributed by atoms with Gasteiger partial charge in [0.25, 0.3) is 0 Å². The largest absolute Gasteiger partial charge is 0.463 e. The Morgan fingerprint density at radius 1 is 1.07 bits per heavy atom. The Labute approximate surface area is 236 Å². The van der Waals surface area contributed by atoms with Gasteiger partial charge in [-0.25, -0.2) is 9.59 Å².